The highest BCUT2D eigenvalue weighted by Gasteiger charge is 2.10. The third kappa shape index (κ3) is 4.90. The fourth-order valence-corrected chi connectivity index (χ4v) is 2.28. The molecule has 0 fully saturated rings. The summed E-state index contributed by atoms with van der Waals surface area (Å²) in [4.78, 5) is 0. The monoisotopic (exact) mass is 317 g/mol. The van der Waals surface area contributed by atoms with Gasteiger partial charge in [-0.05, 0) is 44.5 Å². The Morgan fingerprint density at radius 3 is 2.88 bits per heavy atom. The third-order valence-corrected chi connectivity index (χ3v) is 3.82. The molecule has 1 aromatic carbocycles. The second-order valence-electron chi connectivity index (χ2n) is 3.89. The van der Waals surface area contributed by atoms with Gasteiger partial charge in [-0.1, -0.05) is 22.0 Å². The molecule has 1 unspecified atom stereocenters. The molecule has 96 valence electrons. The number of nitrogens with one attached hydrogen (secondary N) is 1. The first-order valence-corrected chi connectivity index (χ1v) is 7.96. The second-order valence-corrected chi connectivity index (χ2v) is 5.79. The van der Waals surface area contributed by atoms with Gasteiger partial charge in [-0.2, -0.15) is 11.8 Å². The van der Waals surface area contributed by atoms with Crippen LogP contribution >= 0.6 is 27.7 Å². The summed E-state index contributed by atoms with van der Waals surface area (Å²) in [7, 11) is 1.96. The molecule has 0 aliphatic carbocycles. The highest BCUT2D eigenvalue weighted by atomic mass is 79.9. The van der Waals surface area contributed by atoms with Crippen molar-refractivity contribution in [2.24, 2.45) is 0 Å². The van der Waals surface area contributed by atoms with Crippen molar-refractivity contribution in [1.82, 2.24) is 5.32 Å². The van der Waals surface area contributed by atoms with Crippen LogP contribution in [0.25, 0.3) is 0 Å². The van der Waals surface area contributed by atoms with Crippen LogP contribution in [0.5, 0.6) is 5.75 Å². The lowest BCUT2D eigenvalue weighted by Crippen LogP contribution is -2.14. The molecule has 1 rings (SSSR count). The minimum atomic E-state index is 0.304. The van der Waals surface area contributed by atoms with E-state index in [-0.39, 0.29) is 0 Å². The van der Waals surface area contributed by atoms with Crippen molar-refractivity contribution in [2.45, 2.75) is 19.4 Å². The molecule has 0 aromatic heterocycles. The van der Waals surface area contributed by atoms with Gasteiger partial charge in [0.25, 0.3) is 0 Å². The minimum absolute atomic E-state index is 0.304. The fourth-order valence-electron chi connectivity index (χ4n) is 1.53. The lowest BCUT2D eigenvalue weighted by atomic mass is 10.1. The summed E-state index contributed by atoms with van der Waals surface area (Å²) < 4.78 is 6.92. The maximum atomic E-state index is 5.86. The number of hydrogen-bond acceptors (Lipinski definition) is 3. The van der Waals surface area contributed by atoms with Gasteiger partial charge in [0, 0.05) is 16.1 Å². The van der Waals surface area contributed by atoms with Crippen LogP contribution in [0.3, 0.4) is 0 Å². The Bertz CT molecular complexity index is 346. The summed E-state index contributed by atoms with van der Waals surface area (Å²) in [5, 5.41) is 3.24. The van der Waals surface area contributed by atoms with Gasteiger partial charge in [-0.3, -0.25) is 0 Å². The number of halogens is 1. The van der Waals surface area contributed by atoms with E-state index in [1.807, 2.05) is 24.9 Å². The zero-order valence-electron chi connectivity index (χ0n) is 10.6. The molecule has 0 radical (unpaired) electrons. The molecule has 0 spiro atoms. The number of thioether (sulfide) groups is 1. The summed E-state index contributed by atoms with van der Waals surface area (Å²) in [6, 6.07) is 6.51. The van der Waals surface area contributed by atoms with Gasteiger partial charge < -0.3 is 10.1 Å². The number of rotatable bonds is 7. The average Bonchev–Trinajstić information content (AvgIpc) is 2.34. The highest BCUT2D eigenvalue weighted by molar-refractivity contribution is 9.10. The molecule has 0 saturated heterocycles. The molecule has 0 bridgehead atoms. The predicted molar refractivity (Wildman–Crippen MR) is 80.1 cm³/mol. The minimum Gasteiger partial charge on any atom is -0.493 e. The van der Waals surface area contributed by atoms with E-state index in [1.165, 1.54) is 5.56 Å². The fraction of sp³-hybridized carbons (Fsp3) is 0.538. The van der Waals surface area contributed by atoms with Gasteiger partial charge in [-0.15, -0.1) is 0 Å². The standard InChI is InChI=1S/C13H20BrNOS/c1-10(15-2)12-6-5-11(14)9-13(12)16-7-4-8-17-3/h5-6,9-10,15H,4,7-8H2,1-3H3. The van der Waals surface area contributed by atoms with Crippen molar-refractivity contribution in [3.05, 3.63) is 28.2 Å². The van der Waals surface area contributed by atoms with Gasteiger partial charge in [0.1, 0.15) is 5.75 Å². The van der Waals surface area contributed by atoms with Crippen LogP contribution < -0.4 is 10.1 Å². The van der Waals surface area contributed by atoms with E-state index in [1.54, 1.807) is 0 Å². The molecule has 1 N–H and O–H groups in total. The van der Waals surface area contributed by atoms with Gasteiger partial charge >= 0.3 is 0 Å². The summed E-state index contributed by atoms with van der Waals surface area (Å²) in [6.45, 7) is 2.92. The third-order valence-electron chi connectivity index (χ3n) is 2.63. The van der Waals surface area contributed by atoms with Crippen LogP contribution in [-0.2, 0) is 0 Å². The Morgan fingerprint density at radius 1 is 1.47 bits per heavy atom. The van der Waals surface area contributed by atoms with E-state index in [9.17, 15) is 0 Å². The molecular formula is C13H20BrNOS. The Hall–Kier alpha value is -0.190. The summed E-state index contributed by atoms with van der Waals surface area (Å²) in [5.74, 6) is 2.12. The average molecular weight is 318 g/mol. The molecule has 0 aliphatic rings. The Morgan fingerprint density at radius 2 is 2.24 bits per heavy atom. The van der Waals surface area contributed by atoms with Crippen molar-refractivity contribution < 1.29 is 4.74 Å². The molecular weight excluding hydrogens is 298 g/mol. The lowest BCUT2D eigenvalue weighted by molar-refractivity contribution is 0.312. The largest absolute Gasteiger partial charge is 0.493 e. The molecule has 0 saturated carbocycles. The molecule has 0 heterocycles. The Balaban J connectivity index is 2.69. The number of hydrogen-bond donors (Lipinski definition) is 1. The molecule has 0 aliphatic heterocycles. The summed E-state index contributed by atoms with van der Waals surface area (Å²) in [6.07, 6.45) is 3.20. The van der Waals surface area contributed by atoms with Gasteiger partial charge in [0.05, 0.1) is 6.61 Å². The van der Waals surface area contributed by atoms with Crippen LogP contribution in [0.1, 0.15) is 24.9 Å². The zero-order chi connectivity index (χ0) is 12.7. The molecule has 2 nitrogen and oxygen atoms in total. The molecule has 1 atom stereocenters. The van der Waals surface area contributed by atoms with E-state index in [0.717, 1.165) is 29.0 Å². The molecule has 0 amide bonds. The smallest absolute Gasteiger partial charge is 0.125 e. The molecule has 17 heavy (non-hydrogen) atoms. The predicted octanol–water partition coefficient (Wildman–Crippen LogP) is 3.86. The molecule has 1 aromatic rings. The number of benzene rings is 1. The van der Waals surface area contributed by atoms with Gasteiger partial charge in [0.15, 0.2) is 0 Å². The van der Waals surface area contributed by atoms with Crippen molar-refractivity contribution in [2.75, 3.05) is 25.7 Å². The van der Waals surface area contributed by atoms with E-state index in [4.69, 9.17) is 4.74 Å². The number of ether oxygens (including phenoxy) is 1. The van der Waals surface area contributed by atoms with Crippen molar-refractivity contribution in [3.8, 4) is 5.75 Å². The Labute approximate surface area is 117 Å². The maximum Gasteiger partial charge on any atom is 0.125 e. The zero-order valence-corrected chi connectivity index (χ0v) is 13.0. The maximum absolute atomic E-state index is 5.86. The first-order chi connectivity index (χ1) is 8.19. The van der Waals surface area contributed by atoms with Crippen molar-refractivity contribution in [3.63, 3.8) is 0 Å². The van der Waals surface area contributed by atoms with Crippen molar-refractivity contribution >= 4 is 27.7 Å². The second kappa shape index (κ2) is 8.01. The summed E-state index contributed by atoms with van der Waals surface area (Å²) in [5.41, 5.74) is 1.21. The Kier molecular flexibility index (Phi) is 7.00. The van der Waals surface area contributed by atoms with Gasteiger partial charge in [-0.25, -0.2) is 0 Å². The van der Waals surface area contributed by atoms with E-state index >= 15 is 0 Å². The lowest BCUT2D eigenvalue weighted by Gasteiger charge is -2.16. The van der Waals surface area contributed by atoms with Crippen LogP contribution in [-0.4, -0.2) is 25.7 Å². The van der Waals surface area contributed by atoms with Crippen LogP contribution in [0.4, 0.5) is 0 Å². The topological polar surface area (TPSA) is 21.3 Å². The highest BCUT2D eigenvalue weighted by Crippen LogP contribution is 2.28. The van der Waals surface area contributed by atoms with E-state index in [2.05, 4.69) is 46.6 Å². The van der Waals surface area contributed by atoms with Gasteiger partial charge in [0.2, 0.25) is 0 Å². The quantitative estimate of drug-likeness (QED) is 0.771. The normalized spacial score (nSPS) is 12.5. The van der Waals surface area contributed by atoms with Crippen molar-refractivity contribution in [1.29, 1.82) is 0 Å². The van der Waals surface area contributed by atoms with E-state index < -0.39 is 0 Å². The SMILES string of the molecule is CNC(C)c1ccc(Br)cc1OCCCSC. The first-order valence-electron chi connectivity index (χ1n) is 5.77. The summed E-state index contributed by atoms with van der Waals surface area (Å²) >= 11 is 5.34. The first kappa shape index (κ1) is 14.9. The molecule has 4 heteroatoms. The van der Waals surface area contributed by atoms with Crippen LogP contribution in [0, 0.1) is 0 Å². The van der Waals surface area contributed by atoms with Crippen LogP contribution in [0.15, 0.2) is 22.7 Å². The van der Waals surface area contributed by atoms with E-state index in [0.29, 0.717) is 6.04 Å². The van der Waals surface area contributed by atoms with Crippen LogP contribution in [0.2, 0.25) is 0 Å².